The summed E-state index contributed by atoms with van der Waals surface area (Å²) in [6, 6.07) is 20.9. The van der Waals surface area contributed by atoms with E-state index in [9.17, 15) is 19.5 Å². The molecule has 5 aromatic rings. The number of carboxylic acid groups (broad SMARTS) is 1. The summed E-state index contributed by atoms with van der Waals surface area (Å²) in [5, 5.41) is 11.2. The molecule has 1 atom stereocenters. The van der Waals surface area contributed by atoms with Crippen LogP contribution in [0.2, 0.25) is 0 Å². The van der Waals surface area contributed by atoms with Gasteiger partial charge in [0.25, 0.3) is 5.56 Å². The lowest BCUT2D eigenvalue weighted by molar-refractivity contribution is -0.138. The fourth-order valence-corrected chi connectivity index (χ4v) is 6.74. The van der Waals surface area contributed by atoms with Crippen molar-refractivity contribution in [3.05, 3.63) is 131 Å². The van der Waals surface area contributed by atoms with Gasteiger partial charge in [-0.2, -0.15) is 0 Å². The van der Waals surface area contributed by atoms with Gasteiger partial charge in [-0.15, -0.1) is 11.3 Å². The molecule has 4 heterocycles. The van der Waals surface area contributed by atoms with E-state index >= 15 is 0 Å². The Balaban J connectivity index is 1.50. The molecule has 0 saturated heterocycles. The van der Waals surface area contributed by atoms with Crippen LogP contribution in [0.5, 0.6) is 0 Å². The van der Waals surface area contributed by atoms with E-state index in [4.69, 9.17) is 14.1 Å². The molecule has 2 aromatic carbocycles. The van der Waals surface area contributed by atoms with E-state index in [1.54, 1.807) is 41.8 Å². The Morgan fingerprint density at radius 3 is 2.60 bits per heavy atom. The van der Waals surface area contributed by atoms with Crippen molar-refractivity contribution < 1.29 is 23.8 Å². The smallest absolute Gasteiger partial charge is 0.338 e. The van der Waals surface area contributed by atoms with Gasteiger partial charge in [-0.3, -0.25) is 9.36 Å². The molecule has 0 aliphatic carbocycles. The van der Waals surface area contributed by atoms with E-state index in [0.29, 0.717) is 32.1 Å². The summed E-state index contributed by atoms with van der Waals surface area (Å²) in [6.07, 6.45) is 1.66. The molecule has 210 valence electrons. The molecular formula is C32H24N2O6S2. The molecule has 0 spiro atoms. The average molecular weight is 597 g/mol. The zero-order valence-corrected chi connectivity index (χ0v) is 24.2. The lowest BCUT2D eigenvalue weighted by Crippen LogP contribution is -2.39. The summed E-state index contributed by atoms with van der Waals surface area (Å²) in [5.41, 5.74) is 2.94. The minimum absolute atomic E-state index is 0.186. The lowest BCUT2D eigenvalue weighted by atomic mass is 9.97. The highest BCUT2D eigenvalue weighted by atomic mass is 32.1. The van der Waals surface area contributed by atoms with Crippen molar-refractivity contribution in [2.24, 2.45) is 4.99 Å². The quantitative estimate of drug-likeness (QED) is 0.257. The Morgan fingerprint density at radius 1 is 1.10 bits per heavy atom. The van der Waals surface area contributed by atoms with Crippen molar-refractivity contribution in [3.63, 3.8) is 0 Å². The van der Waals surface area contributed by atoms with E-state index in [0.717, 1.165) is 21.6 Å². The Bertz CT molecular complexity index is 2030. The molecule has 3 aromatic heterocycles. The number of aromatic nitrogens is 1. The second-order valence-corrected chi connectivity index (χ2v) is 11.5. The maximum absolute atomic E-state index is 13.9. The van der Waals surface area contributed by atoms with Crippen LogP contribution in [0.25, 0.3) is 23.1 Å². The van der Waals surface area contributed by atoms with E-state index in [2.05, 4.69) is 0 Å². The third-order valence-electron chi connectivity index (χ3n) is 6.83. The lowest BCUT2D eigenvalue weighted by Gasteiger charge is -2.24. The van der Waals surface area contributed by atoms with Crippen molar-refractivity contribution >= 4 is 46.4 Å². The first-order valence-electron chi connectivity index (χ1n) is 13.1. The van der Waals surface area contributed by atoms with Gasteiger partial charge in [0.1, 0.15) is 17.6 Å². The number of rotatable bonds is 7. The summed E-state index contributed by atoms with van der Waals surface area (Å²) in [7, 11) is 0. The zero-order chi connectivity index (χ0) is 29.4. The number of fused-ring (bicyclic) bond motifs is 1. The number of carboxylic acids is 1. The Kier molecular flexibility index (Phi) is 7.32. The number of thiazole rings is 1. The number of aromatic carboxylic acids is 1. The second-order valence-electron chi connectivity index (χ2n) is 9.48. The highest BCUT2D eigenvalue weighted by Gasteiger charge is 2.35. The summed E-state index contributed by atoms with van der Waals surface area (Å²) in [6.45, 7) is 3.75. The first-order chi connectivity index (χ1) is 20.4. The number of hydrogen-bond acceptors (Lipinski definition) is 8. The number of furan rings is 1. The summed E-state index contributed by atoms with van der Waals surface area (Å²) >= 11 is 2.67. The van der Waals surface area contributed by atoms with Gasteiger partial charge in [0, 0.05) is 22.1 Å². The number of hydrogen-bond donors (Lipinski definition) is 1. The van der Waals surface area contributed by atoms with Crippen LogP contribution in [-0.4, -0.2) is 28.2 Å². The molecule has 6 rings (SSSR count). The summed E-state index contributed by atoms with van der Waals surface area (Å²) < 4.78 is 13.5. The SMILES string of the molecule is CCOC(=O)C1=C(c2ccccc2)N=c2s/c(=C\c3ccc(-c4ccc(C(=O)O)cc4C)o3)c(=O)n2[C@@H]1c1cccs1. The van der Waals surface area contributed by atoms with Crippen LogP contribution >= 0.6 is 22.7 Å². The third kappa shape index (κ3) is 4.95. The molecule has 0 fully saturated rings. The first-order valence-corrected chi connectivity index (χ1v) is 14.8. The molecule has 1 aliphatic heterocycles. The molecule has 0 saturated carbocycles. The molecular weight excluding hydrogens is 572 g/mol. The van der Waals surface area contributed by atoms with E-state index in [1.807, 2.05) is 54.8 Å². The monoisotopic (exact) mass is 596 g/mol. The van der Waals surface area contributed by atoms with Gasteiger partial charge in [-0.05, 0) is 55.1 Å². The van der Waals surface area contributed by atoms with Crippen LogP contribution in [0.15, 0.2) is 98.0 Å². The Labute approximate surface area is 247 Å². The Hall–Kier alpha value is -4.80. The van der Waals surface area contributed by atoms with Crippen molar-refractivity contribution in [2.75, 3.05) is 6.61 Å². The number of carbonyl (C=O) groups is 2. The van der Waals surface area contributed by atoms with Gasteiger partial charge < -0.3 is 14.3 Å². The van der Waals surface area contributed by atoms with Crippen LogP contribution in [0, 0.1) is 6.92 Å². The topological polar surface area (TPSA) is 111 Å². The van der Waals surface area contributed by atoms with Crippen LogP contribution < -0.4 is 14.9 Å². The predicted molar refractivity (Wildman–Crippen MR) is 161 cm³/mol. The minimum Gasteiger partial charge on any atom is -0.478 e. The number of thiophene rings is 1. The molecule has 1 aliphatic rings. The fourth-order valence-electron chi connectivity index (χ4n) is 4.93. The molecule has 1 N–H and O–H groups in total. The maximum Gasteiger partial charge on any atom is 0.338 e. The van der Waals surface area contributed by atoms with Gasteiger partial charge in [0.2, 0.25) is 0 Å². The normalized spacial score (nSPS) is 14.9. The molecule has 0 amide bonds. The highest BCUT2D eigenvalue weighted by molar-refractivity contribution is 7.10. The third-order valence-corrected chi connectivity index (χ3v) is 8.73. The van der Waals surface area contributed by atoms with Crippen LogP contribution in [0.4, 0.5) is 0 Å². The van der Waals surface area contributed by atoms with Crippen LogP contribution in [0.3, 0.4) is 0 Å². The number of ether oxygens (including phenoxy) is 1. The zero-order valence-electron chi connectivity index (χ0n) is 22.6. The van der Waals surface area contributed by atoms with Crippen molar-refractivity contribution in [1.29, 1.82) is 0 Å². The second kappa shape index (κ2) is 11.2. The molecule has 0 radical (unpaired) electrons. The molecule has 8 nitrogen and oxygen atoms in total. The molecule has 0 bridgehead atoms. The molecule has 42 heavy (non-hydrogen) atoms. The standard InChI is InChI=1S/C32H24N2O6S2/c1-3-39-31(38)26-27(19-8-5-4-6-9-19)33-32-34(28(26)24-10-7-15-41-24)29(35)25(42-32)17-21-12-14-23(40-21)22-13-11-20(30(36)37)16-18(22)2/h4-17,28H,3H2,1-2H3,(H,36,37)/b25-17-/t28-/m1/s1. The van der Waals surface area contributed by atoms with Gasteiger partial charge in [-0.1, -0.05) is 53.8 Å². The van der Waals surface area contributed by atoms with Gasteiger partial charge in [0.05, 0.1) is 28.0 Å². The number of nitrogens with zero attached hydrogens (tertiary/aromatic N) is 2. The summed E-state index contributed by atoms with van der Waals surface area (Å²) in [5.74, 6) is -0.510. The summed E-state index contributed by atoms with van der Waals surface area (Å²) in [4.78, 5) is 44.8. The maximum atomic E-state index is 13.9. The molecule has 10 heteroatoms. The Morgan fingerprint density at radius 2 is 1.90 bits per heavy atom. The average Bonchev–Trinajstić information content (AvgIpc) is 3.74. The largest absolute Gasteiger partial charge is 0.478 e. The molecule has 0 unspecified atom stereocenters. The van der Waals surface area contributed by atoms with E-state index in [1.165, 1.54) is 28.7 Å². The van der Waals surface area contributed by atoms with Crippen molar-refractivity contribution in [3.8, 4) is 11.3 Å². The fraction of sp³-hybridized carbons (Fsp3) is 0.125. The highest BCUT2D eigenvalue weighted by Crippen LogP contribution is 2.37. The minimum atomic E-state index is -0.998. The number of carbonyl (C=O) groups excluding carboxylic acids is 1. The van der Waals surface area contributed by atoms with Crippen LogP contribution in [-0.2, 0) is 9.53 Å². The van der Waals surface area contributed by atoms with E-state index < -0.39 is 18.0 Å². The number of esters is 1. The van der Waals surface area contributed by atoms with Crippen molar-refractivity contribution in [1.82, 2.24) is 4.57 Å². The number of aryl methyl sites for hydroxylation is 1. The predicted octanol–water partition coefficient (Wildman–Crippen LogP) is 5.26. The first kappa shape index (κ1) is 27.4. The van der Waals surface area contributed by atoms with Gasteiger partial charge >= 0.3 is 11.9 Å². The number of benzene rings is 2. The van der Waals surface area contributed by atoms with Crippen LogP contribution in [0.1, 0.15) is 45.1 Å². The van der Waals surface area contributed by atoms with Gasteiger partial charge in [0.15, 0.2) is 4.80 Å². The van der Waals surface area contributed by atoms with Gasteiger partial charge in [-0.25, -0.2) is 14.6 Å². The van der Waals surface area contributed by atoms with Crippen molar-refractivity contribution in [2.45, 2.75) is 19.9 Å². The van der Waals surface area contributed by atoms with E-state index in [-0.39, 0.29) is 17.7 Å².